The molecule has 1 atom stereocenters. The summed E-state index contributed by atoms with van der Waals surface area (Å²) in [7, 11) is 3.29. The molecule has 18 heavy (non-hydrogen) atoms. The van der Waals surface area contributed by atoms with Crippen LogP contribution in [0.5, 0.6) is 5.75 Å². The Labute approximate surface area is 106 Å². The minimum absolute atomic E-state index is 0.424. The summed E-state index contributed by atoms with van der Waals surface area (Å²) in [6.45, 7) is 0. The van der Waals surface area contributed by atoms with Gasteiger partial charge in [0.2, 0.25) is 5.91 Å². The van der Waals surface area contributed by atoms with Crippen molar-refractivity contribution in [3.63, 3.8) is 0 Å². The van der Waals surface area contributed by atoms with Crippen LogP contribution in [0.2, 0.25) is 0 Å². The zero-order valence-corrected chi connectivity index (χ0v) is 10.4. The number of hydrogen-bond donors (Lipinski definition) is 2. The average Bonchev–Trinajstić information content (AvgIpc) is 2.39. The van der Waals surface area contributed by atoms with Gasteiger partial charge in [-0.05, 0) is 23.9 Å². The molecule has 3 N–H and O–H groups in total. The SMILES string of the molecule is CNC(C(N)=O)c1c(OC)ccc2ccccc12. The molecule has 0 aliphatic heterocycles. The maximum Gasteiger partial charge on any atom is 0.239 e. The fourth-order valence-corrected chi connectivity index (χ4v) is 2.18. The molecule has 2 aromatic carbocycles. The topological polar surface area (TPSA) is 64.3 Å². The lowest BCUT2D eigenvalue weighted by atomic mass is 9.97. The van der Waals surface area contributed by atoms with Crippen LogP contribution in [0.1, 0.15) is 11.6 Å². The maximum atomic E-state index is 11.5. The number of benzene rings is 2. The Bertz CT molecular complexity index is 581. The molecule has 0 aliphatic rings. The van der Waals surface area contributed by atoms with Crippen molar-refractivity contribution in [2.75, 3.05) is 14.2 Å². The Morgan fingerprint density at radius 3 is 2.61 bits per heavy atom. The minimum atomic E-state index is -0.564. The number of likely N-dealkylation sites (N-methyl/N-ethyl adjacent to an activating group) is 1. The molecule has 1 amide bonds. The number of nitrogens with one attached hydrogen (secondary N) is 1. The van der Waals surface area contributed by atoms with Gasteiger partial charge in [0.1, 0.15) is 11.8 Å². The lowest BCUT2D eigenvalue weighted by Gasteiger charge is -2.18. The summed E-state index contributed by atoms with van der Waals surface area (Å²) in [5.74, 6) is 0.235. The molecule has 0 bridgehead atoms. The molecule has 0 radical (unpaired) electrons. The molecule has 2 rings (SSSR count). The summed E-state index contributed by atoms with van der Waals surface area (Å²) >= 11 is 0. The van der Waals surface area contributed by atoms with E-state index in [1.54, 1.807) is 14.2 Å². The van der Waals surface area contributed by atoms with Crippen molar-refractivity contribution in [2.24, 2.45) is 5.73 Å². The summed E-state index contributed by atoms with van der Waals surface area (Å²) in [5.41, 5.74) is 6.22. The predicted octanol–water partition coefficient (Wildman–Crippen LogP) is 1.59. The van der Waals surface area contributed by atoms with Crippen LogP contribution in [0.4, 0.5) is 0 Å². The van der Waals surface area contributed by atoms with Crippen molar-refractivity contribution in [3.8, 4) is 5.75 Å². The number of primary amides is 1. The first-order valence-corrected chi connectivity index (χ1v) is 5.71. The van der Waals surface area contributed by atoms with Crippen molar-refractivity contribution in [1.29, 1.82) is 0 Å². The summed E-state index contributed by atoms with van der Waals surface area (Å²) in [6, 6.07) is 11.1. The van der Waals surface area contributed by atoms with Crippen molar-refractivity contribution < 1.29 is 9.53 Å². The largest absolute Gasteiger partial charge is 0.496 e. The van der Waals surface area contributed by atoms with Gasteiger partial charge in [-0.1, -0.05) is 30.3 Å². The van der Waals surface area contributed by atoms with Crippen molar-refractivity contribution in [2.45, 2.75) is 6.04 Å². The zero-order chi connectivity index (χ0) is 13.1. The molecular formula is C14H16N2O2. The second-order valence-electron chi connectivity index (χ2n) is 4.03. The van der Waals surface area contributed by atoms with Gasteiger partial charge in [-0.25, -0.2) is 0 Å². The summed E-state index contributed by atoms with van der Waals surface area (Å²) < 4.78 is 5.34. The number of hydrogen-bond acceptors (Lipinski definition) is 3. The first-order valence-electron chi connectivity index (χ1n) is 5.71. The van der Waals surface area contributed by atoms with E-state index in [4.69, 9.17) is 10.5 Å². The smallest absolute Gasteiger partial charge is 0.239 e. The molecule has 94 valence electrons. The summed E-state index contributed by atoms with van der Waals surface area (Å²) in [4.78, 5) is 11.5. The molecule has 0 saturated carbocycles. The van der Waals surface area contributed by atoms with Crippen molar-refractivity contribution >= 4 is 16.7 Å². The normalized spacial score (nSPS) is 12.3. The van der Waals surface area contributed by atoms with E-state index in [9.17, 15) is 4.79 Å². The van der Waals surface area contributed by atoms with Gasteiger partial charge >= 0.3 is 0 Å². The van der Waals surface area contributed by atoms with Crippen LogP contribution < -0.4 is 15.8 Å². The van der Waals surface area contributed by atoms with Gasteiger partial charge in [0.15, 0.2) is 0 Å². The lowest BCUT2D eigenvalue weighted by molar-refractivity contribution is -0.120. The van der Waals surface area contributed by atoms with Crippen LogP contribution in [0.3, 0.4) is 0 Å². The lowest BCUT2D eigenvalue weighted by Crippen LogP contribution is -2.31. The van der Waals surface area contributed by atoms with Gasteiger partial charge in [0.05, 0.1) is 7.11 Å². The van der Waals surface area contributed by atoms with E-state index in [0.717, 1.165) is 16.3 Å². The van der Waals surface area contributed by atoms with E-state index >= 15 is 0 Å². The fraction of sp³-hybridized carbons (Fsp3) is 0.214. The highest BCUT2D eigenvalue weighted by molar-refractivity contribution is 5.94. The summed E-state index contributed by atoms with van der Waals surface area (Å²) in [5, 5.41) is 4.95. The summed E-state index contributed by atoms with van der Waals surface area (Å²) in [6.07, 6.45) is 0. The van der Waals surface area contributed by atoms with Gasteiger partial charge in [0.25, 0.3) is 0 Å². The third-order valence-electron chi connectivity index (χ3n) is 3.01. The number of carbonyl (C=O) groups excluding carboxylic acids is 1. The number of ether oxygens (including phenoxy) is 1. The van der Waals surface area contributed by atoms with Crippen LogP contribution in [0, 0.1) is 0 Å². The van der Waals surface area contributed by atoms with Crippen molar-refractivity contribution in [3.05, 3.63) is 42.0 Å². The van der Waals surface area contributed by atoms with Crippen LogP contribution in [-0.2, 0) is 4.79 Å². The van der Waals surface area contributed by atoms with Crippen LogP contribution in [0.15, 0.2) is 36.4 Å². The van der Waals surface area contributed by atoms with E-state index in [2.05, 4.69) is 5.32 Å². The highest BCUT2D eigenvalue weighted by Crippen LogP contribution is 2.32. The molecule has 0 aliphatic carbocycles. The average molecular weight is 244 g/mol. The maximum absolute atomic E-state index is 11.5. The number of nitrogens with two attached hydrogens (primary N) is 1. The Kier molecular flexibility index (Phi) is 3.48. The van der Waals surface area contributed by atoms with E-state index in [0.29, 0.717) is 5.75 Å². The standard InChI is InChI=1S/C14H16N2O2/c1-16-13(14(15)17)12-10-6-4-3-5-9(10)7-8-11(12)18-2/h3-8,13,16H,1-2H3,(H2,15,17). The number of rotatable bonds is 4. The van der Waals surface area contributed by atoms with Crippen molar-refractivity contribution in [1.82, 2.24) is 5.32 Å². The van der Waals surface area contributed by atoms with Gasteiger partial charge < -0.3 is 15.8 Å². The molecule has 0 fully saturated rings. The second-order valence-corrected chi connectivity index (χ2v) is 4.03. The Morgan fingerprint density at radius 2 is 2.00 bits per heavy atom. The van der Waals surface area contributed by atoms with Gasteiger partial charge in [-0.2, -0.15) is 0 Å². The first kappa shape index (κ1) is 12.4. The Morgan fingerprint density at radius 1 is 1.28 bits per heavy atom. The van der Waals surface area contributed by atoms with Crippen LogP contribution >= 0.6 is 0 Å². The number of carbonyl (C=O) groups is 1. The van der Waals surface area contributed by atoms with Gasteiger partial charge in [-0.3, -0.25) is 4.79 Å². The molecule has 1 unspecified atom stereocenters. The highest BCUT2D eigenvalue weighted by atomic mass is 16.5. The second kappa shape index (κ2) is 5.06. The van der Waals surface area contributed by atoms with Gasteiger partial charge in [-0.15, -0.1) is 0 Å². The molecule has 0 saturated heterocycles. The predicted molar refractivity (Wildman–Crippen MR) is 71.5 cm³/mol. The number of methoxy groups -OCH3 is 1. The van der Waals surface area contributed by atoms with Crippen LogP contribution in [0.25, 0.3) is 10.8 Å². The van der Waals surface area contributed by atoms with Gasteiger partial charge in [0, 0.05) is 5.56 Å². The Balaban J connectivity index is 2.75. The number of amides is 1. The number of fused-ring (bicyclic) bond motifs is 1. The molecule has 0 aromatic heterocycles. The molecule has 0 heterocycles. The molecule has 4 nitrogen and oxygen atoms in total. The molecule has 4 heteroatoms. The van der Waals surface area contributed by atoms with E-state index in [1.165, 1.54) is 0 Å². The molecule has 2 aromatic rings. The third-order valence-corrected chi connectivity index (χ3v) is 3.01. The van der Waals surface area contributed by atoms with Crippen LogP contribution in [-0.4, -0.2) is 20.1 Å². The zero-order valence-electron chi connectivity index (χ0n) is 10.4. The fourth-order valence-electron chi connectivity index (χ4n) is 2.18. The quantitative estimate of drug-likeness (QED) is 0.858. The minimum Gasteiger partial charge on any atom is -0.496 e. The highest BCUT2D eigenvalue weighted by Gasteiger charge is 2.22. The first-order chi connectivity index (χ1) is 8.69. The molecule has 0 spiro atoms. The van der Waals surface area contributed by atoms with E-state index < -0.39 is 11.9 Å². The molecular weight excluding hydrogens is 228 g/mol. The monoisotopic (exact) mass is 244 g/mol. The third kappa shape index (κ3) is 2.02. The van der Waals surface area contributed by atoms with E-state index in [-0.39, 0.29) is 0 Å². The Hall–Kier alpha value is -2.07. The van der Waals surface area contributed by atoms with E-state index in [1.807, 2.05) is 36.4 Å².